The topological polar surface area (TPSA) is 177 Å². The molecule has 2 heterocycles. The number of rotatable bonds is 22. The molecular weight excluding hydrogens is 686 g/mol. The zero-order chi connectivity index (χ0) is 37.6. The molecule has 2 aliphatic heterocycles. The number of ether oxygens (including phenoxy) is 4. The Hall–Kier alpha value is -3.71. The highest BCUT2D eigenvalue weighted by Crippen LogP contribution is 2.29. The molecule has 5 atom stereocenters. The van der Waals surface area contributed by atoms with E-state index in [9.17, 15) is 41.5 Å². The second kappa shape index (κ2) is 20.4. The lowest BCUT2D eigenvalue weighted by molar-refractivity contribution is -0.154. The number of epoxide rings is 1. The molecule has 3 rings (SSSR count). The Bertz CT molecular complexity index is 1300. The summed E-state index contributed by atoms with van der Waals surface area (Å²) < 4.78 is 71.5. The van der Waals surface area contributed by atoms with Gasteiger partial charge in [0.2, 0.25) is 23.6 Å². The van der Waals surface area contributed by atoms with Gasteiger partial charge in [-0.2, -0.15) is 17.6 Å². The van der Waals surface area contributed by atoms with Gasteiger partial charge >= 0.3 is 13.2 Å². The molecule has 0 saturated carbocycles. The molecule has 0 bridgehead atoms. The van der Waals surface area contributed by atoms with Crippen LogP contribution in [0.25, 0.3) is 0 Å². The van der Waals surface area contributed by atoms with Crippen LogP contribution in [0, 0.1) is 5.92 Å². The largest absolute Gasteiger partial charge is 0.379 e. The third-order valence-electron chi connectivity index (χ3n) is 8.17. The van der Waals surface area contributed by atoms with Crippen molar-refractivity contribution in [3.8, 4) is 0 Å². The number of hydrogen-bond donors (Lipinski definition) is 4. The Morgan fingerprint density at radius 1 is 0.804 bits per heavy atom. The summed E-state index contributed by atoms with van der Waals surface area (Å²) in [5, 5.41) is 9.53. The minimum absolute atomic E-state index is 0.0515. The predicted molar refractivity (Wildman–Crippen MR) is 172 cm³/mol. The fourth-order valence-electron chi connectivity index (χ4n) is 5.27. The number of nitrogens with zero attached hydrogens (tertiary/aromatic N) is 1. The van der Waals surface area contributed by atoms with Gasteiger partial charge in [-0.05, 0) is 37.7 Å². The van der Waals surface area contributed by atoms with E-state index in [0.29, 0.717) is 32.7 Å². The molecule has 2 aliphatic rings. The van der Waals surface area contributed by atoms with Crippen molar-refractivity contribution in [3.05, 3.63) is 35.9 Å². The van der Waals surface area contributed by atoms with Crippen molar-refractivity contribution < 1.29 is 60.5 Å². The maximum atomic E-state index is 13.6. The van der Waals surface area contributed by atoms with Crippen molar-refractivity contribution in [2.75, 3.05) is 52.7 Å². The molecule has 0 aromatic heterocycles. The molecule has 0 unspecified atom stereocenters. The maximum absolute atomic E-state index is 13.6. The summed E-state index contributed by atoms with van der Waals surface area (Å²) in [6, 6.07) is 2.90. The normalized spacial score (nSPS) is 20.0. The fourth-order valence-corrected chi connectivity index (χ4v) is 5.27. The van der Waals surface area contributed by atoms with E-state index in [0.717, 1.165) is 5.56 Å². The lowest BCUT2D eigenvalue weighted by Gasteiger charge is -2.28. The molecule has 0 aliphatic carbocycles. The highest BCUT2D eigenvalue weighted by atomic mass is 19.3. The third-order valence-corrected chi connectivity index (χ3v) is 8.17. The number of morpholine rings is 1. The SMILES string of the molecule is CC(C)C[C@H](NC(=O)[C@H](COC(F)F)NC(=O)[C@H](COC(F)F)NC(=O)[C@H](CCc1ccccc1)NC(=O)CN1CCOCC1)C(=O)[C@]1(C)CO1. The number of nitrogens with one attached hydrogen (secondary N) is 4. The summed E-state index contributed by atoms with van der Waals surface area (Å²) in [7, 11) is 0. The number of ketones is 1. The number of carbonyl (C=O) groups excluding carboxylic acids is 5. The summed E-state index contributed by atoms with van der Waals surface area (Å²) in [5.41, 5.74) is -0.306. The van der Waals surface area contributed by atoms with Crippen LogP contribution in [0.2, 0.25) is 0 Å². The first kappa shape index (κ1) is 41.7. The molecule has 2 fully saturated rings. The zero-order valence-corrected chi connectivity index (χ0v) is 28.8. The van der Waals surface area contributed by atoms with Gasteiger partial charge in [0.1, 0.15) is 23.7 Å². The van der Waals surface area contributed by atoms with Gasteiger partial charge in [-0.3, -0.25) is 28.9 Å². The monoisotopic (exact) mass is 733 g/mol. The van der Waals surface area contributed by atoms with Crippen molar-refractivity contribution in [2.24, 2.45) is 5.92 Å². The van der Waals surface area contributed by atoms with Crippen LogP contribution in [0.1, 0.15) is 39.2 Å². The van der Waals surface area contributed by atoms with Gasteiger partial charge in [-0.25, -0.2) is 0 Å². The molecular formula is C33H47F4N5O9. The van der Waals surface area contributed by atoms with Gasteiger partial charge in [0.05, 0.1) is 45.6 Å². The van der Waals surface area contributed by atoms with Crippen molar-refractivity contribution >= 4 is 29.4 Å². The van der Waals surface area contributed by atoms with Gasteiger partial charge < -0.3 is 40.2 Å². The molecule has 18 heteroatoms. The standard InChI is InChI=1S/C33H47F4N5O9/c1-20(2)15-23(27(44)33(3)19-51-33)39-29(46)24(17-49-31(34)35)41-30(47)25(18-50-32(36)37)40-28(45)22(10-9-21-7-5-4-6-8-21)38-26(43)16-42-11-13-48-14-12-42/h4-8,20,22-25,31-32H,9-19H2,1-3H3,(H,38,43)(H,39,46)(H,40,45)(H,41,47)/t22-,23-,24-,25-,33-/m0/s1. The molecule has 1 aromatic rings. The van der Waals surface area contributed by atoms with Crippen LogP contribution in [-0.2, 0) is 49.3 Å². The molecule has 2 saturated heterocycles. The summed E-state index contributed by atoms with van der Waals surface area (Å²) in [6.45, 7) is -1.87. The van der Waals surface area contributed by atoms with E-state index in [1.165, 1.54) is 6.92 Å². The van der Waals surface area contributed by atoms with Gasteiger partial charge in [-0.15, -0.1) is 0 Å². The van der Waals surface area contributed by atoms with Gasteiger partial charge in [0, 0.05) is 13.1 Å². The summed E-state index contributed by atoms with van der Waals surface area (Å²) in [5.74, 6) is -4.33. The second-order valence-corrected chi connectivity index (χ2v) is 12.9. The number of Topliss-reactive ketones (excluding diaryl/α,β-unsaturated/α-hetero) is 1. The number of benzene rings is 1. The average molecular weight is 734 g/mol. The number of carbonyl (C=O) groups is 5. The first-order chi connectivity index (χ1) is 24.2. The molecule has 14 nitrogen and oxygen atoms in total. The second-order valence-electron chi connectivity index (χ2n) is 12.9. The lowest BCUT2D eigenvalue weighted by atomic mass is 9.93. The number of amides is 4. The first-order valence-corrected chi connectivity index (χ1v) is 16.7. The predicted octanol–water partition coefficient (Wildman–Crippen LogP) is 0.773. The van der Waals surface area contributed by atoms with Crippen molar-refractivity contribution in [1.29, 1.82) is 0 Å². The van der Waals surface area contributed by atoms with Crippen LogP contribution in [-0.4, -0.2) is 130 Å². The van der Waals surface area contributed by atoms with Crippen LogP contribution < -0.4 is 21.3 Å². The van der Waals surface area contributed by atoms with Gasteiger partial charge in [0.25, 0.3) is 0 Å². The van der Waals surface area contributed by atoms with E-state index in [1.54, 1.807) is 44.2 Å². The Morgan fingerprint density at radius 3 is 1.80 bits per heavy atom. The Labute approximate surface area is 293 Å². The molecule has 0 spiro atoms. The molecule has 1 aromatic carbocycles. The molecule has 286 valence electrons. The Balaban J connectivity index is 1.78. The Kier molecular flexibility index (Phi) is 16.7. The first-order valence-electron chi connectivity index (χ1n) is 16.7. The molecule has 4 amide bonds. The summed E-state index contributed by atoms with van der Waals surface area (Å²) in [6.07, 6.45) is 0.521. The van der Waals surface area contributed by atoms with Crippen LogP contribution in [0.15, 0.2) is 30.3 Å². The van der Waals surface area contributed by atoms with Crippen molar-refractivity contribution in [3.63, 3.8) is 0 Å². The van der Waals surface area contributed by atoms with Crippen LogP contribution >= 0.6 is 0 Å². The highest BCUT2D eigenvalue weighted by molar-refractivity contribution is 5.98. The third kappa shape index (κ3) is 14.8. The minimum Gasteiger partial charge on any atom is -0.379 e. The van der Waals surface area contributed by atoms with E-state index < -0.39 is 85.6 Å². The molecule has 4 N–H and O–H groups in total. The maximum Gasteiger partial charge on any atom is 0.345 e. The zero-order valence-electron chi connectivity index (χ0n) is 28.8. The van der Waals surface area contributed by atoms with E-state index in [1.807, 2.05) is 4.90 Å². The number of aryl methyl sites for hydroxylation is 1. The van der Waals surface area contributed by atoms with Crippen molar-refractivity contribution in [2.45, 2.75) is 83.0 Å². The average Bonchev–Trinajstić information content (AvgIpc) is 3.84. The summed E-state index contributed by atoms with van der Waals surface area (Å²) in [4.78, 5) is 68.1. The van der Waals surface area contributed by atoms with Gasteiger partial charge in [-0.1, -0.05) is 44.2 Å². The highest BCUT2D eigenvalue weighted by Gasteiger charge is 2.50. The van der Waals surface area contributed by atoms with Crippen LogP contribution in [0.4, 0.5) is 17.6 Å². The number of alkyl halides is 4. The smallest absolute Gasteiger partial charge is 0.345 e. The molecule has 51 heavy (non-hydrogen) atoms. The van der Waals surface area contributed by atoms with E-state index in [-0.39, 0.29) is 31.9 Å². The summed E-state index contributed by atoms with van der Waals surface area (Å²) >= 11 is 0. The quantitative estimate of drug-likeness (QED) is 0.0984. The van der Waals surface area contributed by atoms with E-state index in [2.05, 4.69) is 30.7 Å². The van der Waals surface area contributed by atoms with E-state index in [4.69, 9.17) is 9.47 Å². The molecule has 0 radical (unpaired) electrons. The minimum atomic E-state index is -3.37. The fraction of sp³-hybridized carbons (Fsp3) is 0.667. The van der Waals surface area contributed by atoms with Crippen molar-refractivity contribution in [1.82, 2.24) is 26.2 Å². The number of halogens is 4. The number of hydrogen-bond acceptors (Lipinski definition) is 10. The van der Waals surface area contributed by atoms with E-state index >= 15 is 0 Å². The van der Waals surface area contributed by atoms with Crippen LogP contribution in [0.5, 0.6) is 0 Å². The Morgan fingerprint density at radius 2 is 1.31 bits per heavy atom. The van der Waals surface area contributed by atoms with Crippen LogP contribution in [0.3, 0.4) is 0 Å². The lowest BCUT2D eigenvalue weighted by Crippen LogP contribution is -2.60. The van der Waals surface area contributed by atoms with Gasteiger partial charge in [0.15, 0.2) is 5.78 Å².